The topological polar surface area (TPSA) is 17.1 Å². The third kappa shape index (κ3) is 1.39. The Morgan fingerprint density at radius 1 is 1.67 bits per heavy atom. The number of aryl methyl sites for hydroxylation is 1. The zero-order valence-corrected chi connectivity index (χ0v) is 5.22. The summed E-state index contributed by atoms with van der Waals surface area (Å²) in [5.41, 5.74) is 1.47. The summed E-state index contributed by atoms with van der Waals surface area (Å²) in [7, 11) is 0. The van der Waals surface area contributed by atoms with Gasteiger partial charge in [0.05, 0.1) is 0 Å². The number of benzene rings is 1. The molecule has 1 heteroatoms. The van der Waals surface area contributed by atoms with E-state index in [4.69, 9.17) is 1.37 Å². The van der Waals surface area contributed by atoms with Gasteiger partial charge in [0.25, 0.3) is 0 Å². The van der Waals surface area contributed by atoms with Crippen molar-refractivity contribution in [3.63, 3.8) is 0 Å². The van der Waals surface area contributed by atoms with Crippen LogP contribution in [0.1, 0.15) is 17.3 Å². The van der Waals surface area contributed by atoms with Crippen molar-refractivity contribution in [2.24, 2.45) is 0 Å². The smallest absolute Gasteiger partial charge is 0.150 e. The molecule has 0 aliphatic heterocycles. The fourth-order valence-corrected chi connectivity index (χ4v) is 0.709. The highest BCUT2D eigenvalue weighted by Crippen LogP contribution is 1.99. The van der Waals surface area contributed by atoms with Crippen LogP contribution in [0.3, 0.4) is 0 Å². The van der Waals surface area contributed by atoms with Crippen LogP contribution in [0.4, 0.5) is 0 Å². The van der Waals surface area contributed by atoms with Gasteiger partial charge >= 0.3 is 0 Å². The summed E-state index contributed by atoms with van der Waals surface area (Å²) in [6, 6.07) is 7.02. The third-order valence-corrected chi connectivity index (χ3v) is 1.14. The molecule has 1 rings (SSSR count). The molecule has 1 aromatic rings. The van der Waals surface area contributed by atoms with Crippen molar-refractivity contribution in [1.29, 1.82) is 0 Å². The van der Waals surface area contributed by atoms with E-state index in [1.165, 1.54) is 0 Å². The van der Waals surface area contributed by atoms with E-state index in [1.54, 1.807) is 18.2 Å². The number of hydrogen-bond acceptors (Lipinski definition) is 1. The molecule has 0 amide bonds. The molecule has 0 N–H and O–H groups in total. The monoisotopic (exact) mass is 121 g/mol. The summed E-state index contributed by atoms with van der Waals surface area (Å²) in [6.45, 7) is 1.90. The van der Waals surface area contributed by atoms with Gasteiger partial charge in [-0.1, -0.05) is 23.8 Å². The highest BCUT2D eigenvalue weighted by molar-refractivity contribution is 5.74. The lowest BCUT2D eigenvalue weighted by atomic mass is 10.2. The maximum Gasteiger partial charge on any atom is 0.150 e. The summed E-state index contributed by atoms with van der Waals surface area (Å²) in [5, 5.41) is 0. The number of aldehydes is 1. The van der Waals surface area contributed by atoms with Crippen molar-refractivity contribution in [1.82, 2.24) is 0 Å². The molecule has 0 aromatic heterocycles. The van der Waals surface area contributed by atoms with E-state index in [0.717, 1.165) is 5.56 Å². The van der Waals surface area contributed by atoms with E-state index in [0.29, 0.717) is 5.56 Å². The average molecular weight is 121 g/mol. The molecule has 0 unspecified atom stereocenters. The Bertz CT molecular complexity index is 255. The molecule has 0 aliphatic carbocycles. The fourth-order valence-electron chi connectivity index (χ4n) is 0.709. The van der Waals surface area contributed by atoms with Crippen molar-refractivity contribution >= 4 is 6.26 Å². The molecule has 9 heavy (non-hydrogen) atoms. The van der Waals surface area contributed by atoms with E-state index < -0.39 is 6.26 Å². The summed E-state index contributed by atoms with van der Waals surface area (Å²) in [4.78, 5) is 10.5. The lowest BCUT2D eigenvalue weighted by Gasteiger charge is -1.89. The quantitative estimate of drug-likeness (QED) is 0.518. The molecule has 1 nitrogen and oxygen atoms in total. The number of hydrogen-bond donors (Lipinski definition) is 0. The van der Waals surface area contributed by atoms with Crippen LogP contribution < -0.4 is 0 Å². The molecule has 0 spiro atoms. The van der Waals surface area contributed by atoms with E-state index in [1.807, 2.05) is 13.0 Å². The van der Waals surface area contributed by atoms with Crippen LogP contribution in [0.25, 0.3) is 0 Å². The minimum absolute atomic E-state index is 0.458. The molecule has 0 bridgehead atoms. The average Bonchev–Trinajstić information content (AvgIpc) is 1.88. The first kappa shape index (κ1) is 4.74. The molecule has 0 saturated heterocycles. The van der Waals surface area contributed by atoms with Gasteiger partial charge in [-0.15, -0.1) is 0 Å². The molecule has 0 atom stereocenters. The van der Waals surface area contributed by atoms with Gasteiger partial charge in [-0.3, -0.25) is 4.79 Å². The summed E-state index contributed by atoms with van der Waals surface area (Å²) >= 11 is 0. The van der Waals surface area contributed by atoms with Crippen LogP contribution in [0, 0.1) is 6.92 Å². The predicted octanol–water partition coefficient (Wildman–Crippen LogP) is 1.81. The first-order valence-electron chi connectivity index (χ1n) is 3.28. The lowest BCUT2D eigenvalue weighted by Crippen LogP contribution is -1.78. The lowest BCUT2D eigenvalue weighted by molar-refractivity contribution is 0.112. The zero-order valence-electron chi connectivity index (χ0n) is 6.22. The maximum atomic E-state index is 10.5. The van der Waals surface area contributed by atoms with Crippen LogP contribution in [0.2, 0.25) is 0 Å². The van der Waals surface area contributed by atoms with Crippen molar-refractivity contribution in [3.8, 4) is 0 Å². The third-order valence-electron chi connectivity index (χ3n) is 1.14. The van der Waals surface area contributed by atoms with E-state index in [-0.39, 0.29) is 0 Å². The molecule has 0 fully saturated rings. The highest BCUT2D eigenvalue weighted by atomic mass is 16.1. The van der Waals surface area contributed by atoms with Gasteiger partial charge in [0.1, 0.15) is 7.63 Å². The van der Waals surface area contributed by atoms with Crippen LogP contribution in [0.5, 0.6) is 0 Å². The standard InChI is InChI=1S/C8H8O/c1-7-3-2-4-8(5-7)6-9/h2-6H,1H3/i6D. The molecular formula is C8H8O. The van der Waals surface area contributed by atoms with Gasteiger partial charge in [-0.25, -0.2) is 0 Å². The fraction of sp³-hybridized carbons (Fsp3) is 0.125. The zero-order chi connectivity index (χ0) is 7.56. The second-order valence-corrected chi connectivity index (χ2v) is 1.97. The van der Waals surface area contributed by atoms with Gasteiger partial charge in [0.2, 0.25) is 0 Å². The molecule has 1 aromatic carbocycles. The van der Waals surface area contributed by atoms with Crippen LogP contribution in [-0.2, 0) is 0 Å². The van der Waals surface area contributed by atoms with Crippen molar-refractivity contribution in [3.05, 3.63) is 35.4 Å². The first-order chi connectivity index (χ1) is 4.70. The normalized spacial score (nSPS) is 10.6. The Morgan fingerprint density at radius 2 is 2.44 bits per heavy atom. The second kappa shape index (κ2) is 2.44. The van der Waals surface area contributed by atoms with Crippen molar-refractivity contribution < 1.29 is 6.17 Å². The minimum atomic E-state index is -0.622. The SMILES string of the molecule is [2H]C(=O)c1cccc(C)c1. The highest BCUT2D eigenvalue weighted by Gasteiger charge is 1.86. The molecule has 46 valence electrons. The maximum absolute atomic E-state index is 10.5. The van der Waals surface area contributed by atoms with E-state index >= 15 is 0 Å². The van der Waals surface area contributed by atoms with Gasteiger partial charge in [-0.2, -0.15) is 0 Å². The summed E-state index contributed by atoms with van der Waals surface area (Å²) in [5.74, 6) is 0. The number of rotatable bonds is 1. The minimum Gasteiger partial charge on any atom is -0.298 e. The molecule has 0 heterocycles. The van der Waals surface area contributed by atoms with Crippen LogP contribution in [-0.4, -0.2) is 6.26 Å². The summed E-state index contributed by atoms with van der Waals surface area (Å²) in [6.07, 6.45) is -0.622. The molecular weight excluding hydrogens is 112 g/mol. The Kier molecular flexibility index (Phi) is 1.29. The Labute approximate surface area is 55.7 Å². The number of carbonyl (C=O) groups is 1. The Morgan fingerprint density at radius 3 is 2.89 bits per heavy atom. The van der Waals surface area contributed by atoms with Crippen molar-refractivity contribution in [2.75, 3.05) is 0 Å². The Hall–Kier alpha value is -1.11. The largest absolute Gasteiger partial charge is 0.298 e. The van der Waals surface area contributed by atoms with Gasteiger partial charge in [0, 0.05) is 5.56 Å². The van der Waals surface area contributed by atoms with Crippen LogP contribution in [0.15, 0.2) is 24.3 Å². The predicted molar refractivity (Wildman–Crippen MR) is 36.6 cm³/mol. The number of carbonyl (C=O) groups excluding carboxylic acids is 1. The molecule has 0 aliphatic rings. The van der Waals surface area contributed by atoms with Crippen LogP contribution >= 0.6 is 0 Å². The molecule has 0 radical (unpaired) electrons. The van der Waals surface area contributed by atoms with Gasteiger partial charge in [-0.05, 0) is 13.0 Å². The molecule has 0 saturated carbocycles. The summed E-state index contributed by atoms with van der Waals surface area (Å²) < 4.78 is 6.78. The van der Waals surface area contributed by atoms with Gasteiger partial charge < -0.3 is 0 Å². The van der Waals surface area contributed by atoms with Crippen molar-refractivity contribution in [2.45, 2.75) is 6.92 Å². The van der Waals surface area contributed by atoms with Gasteiger partial charge in [0.15, 0.2) is 0 Å². The Balaban J connectivity index is 3.07. The van der Waals surface area contributed by atoms with E-state index in [9.17, 15) is 4.79 Å². The van der Waals surface area contributed by atoms with E-state index in [2.05, 4.69) is 0 Å². The first-order valence-corrected chi connectivity index (χ1v) is 2.78. The second-order valence-electron chi connectivity index (χ2n) is 1.97.